The van der Waals surface area contributed by atoms with Gasteiger partial charge in [0.2, 0.25) is 11.8 Å². The molecule has 0 bridgehead atoms. The van der Waals surface area contributed by atoms with Crippen molar-refractivity contribution in [3.8, 4) is 17.4 Å². The maximum absolute atomic E-state index is 13.3. The number of ether oxygens (including phenoxy) is 2. The van der Waals surface area contributed by atoms with E-state index in [9.17, 15) is 13.2 Å². The van der Waals surface area contributed by atoms with Crippen LogP contribution in [0.1, 0.15) is 5.56 Å². The number of nitrogens with one attached hydrogen (secondary N) is 1. The zero-order valence-corrected chi connectivity index (χ0v) is 13.6. The third-order valence-corrected chi connectivity index (χ3v) is 3.36. The highest BCUT2D eigenvalue weighted by molar-refractivity contribution is 5.54. The van der Waals surface area contributed by atoms with Gasteiger partial charge in [-0.15, -0.1) is 0 Å². The monoisotopic (exact) mass is 361 g/mol. The van der Waals surface area contributed by atoms with Crippen molar-refractivity contribution in [2.45, 2.75) is 6.18 Å². The summed E-state index contributed by atoms with van der Waals surface area (Å²) in [5.74, 6) is -0.230. The minimum Gasteiger partial charge on any atom is -0.493 e. The zero-order valence-electron chi connectivity index (χ0n) is 13.6. The fraction of sp³-hybridized carbons (Fsp3) is 0.111. The van der Waals surface area contributed by atoms with Gasteiger partial charge in [0.05, 0.1) is 7.11 Å². The smallest absolute Gasteiger partial charge is 0.423 e. The van der Waals surface area contributed by atoms with Crippen LogP contribution < -0.4 is 14.8 Å². The Balaban J connectivity index is 1.98. The van der Waals surface area contributed by atoms with Crippen LogP contribution >= 0.6 is 0 Å². The van der Waals surface area contributed by atoms with Gasteiger partial charge in [-0.3, -0.25) is 0 Å². The largest absolute Gasteiger partial charge is 0.493 e. The summed E-state index contributed by atoms with van der Waals surface area (Å²) in [6, 6.07) is 15.2. The normalized spacial score (nSPS) is 11.1. The van der Waals surface area contributed by atoms with E-state index in [0.717, 1.165) is 0 Å². The summed E-state index contributed by atoms with van der Waals surface area (Å²) >= 11 is 0. The van der Waals surface area contributed by atoms with E-state index in [1.54, 1.807) is 42.5 Å². The van der Waals surface area contributed by atoms with Crippen LogP contribution in [0.3, 0.4) is 0 Å². The quantitative estimate of drug-likeness (QED) is 0.690. The van der Waals surface area contributed by atoms with Gasteiger partial charge in [-0.05, 0) is 24.3 Å². The van der Waals surface area contributed by atoms with Crippen molar-refractivity contribution in [1.82, 2.24) is 9.97 Å². The van der Waals surface area contributed by atoms with Crippen LogP contribution in [0.25, 0.3) is 0 Å². The van der Waals surface area contributed by atoms with Gasteiger partial charge in [0.1, 0.15) is 5.56 Å². The van der Waals surface area contributed by atoms with Crippen molar-refractivity contribution in [2.75, 3.05) is 12.4 Å². The molecule has 0 saturated heterocycles. The van der Waals surface area contributed by atoms with Crippen molar-refractivity contribution < 1.29 is 22.6 Å². The molecule has 8 heteroatoms. The second kappa shape index (κ2) is 7.30. The van der Waals surface area contributed by atoms with Crippen LogP contribution in [-0.2, 0) is 6.18 Å². The van der Waals surface area contributed by atoms with Gasteiger partial charge in [-0.25, -0.2) is 4.98 Å². The van der Waals surface area contributed by atoms with Crippen LogP contribution in [0.4, 0.5) is 24.8 Å². The summed E-state index contributed by atoms with van der Waals surface area (Å²) < 4.78 is 50.3. The highest BCUT2D eigenvalue weighted by Crippen LogP contribution is 2.39. The molecule has 0 amide bonds. The first-order valence-electron chi connectivity index (χ1n) is 7.54. The Morgan fingerprint density at radius 1 is 0.923 bits per heavy atom. The van der Waals surface area contributed by atoms with Crippen molar-refractivity contribution in [2.24, 2.45) is 0 Å². The van der Waals surface area contributed by atoms with E-state index in [1.165, 1.54) is 13.2 Å². The third-order valence-electron chi connectivity index (χ3n) is 3.36. The van der Waals surface area contributed by atoms with Crippen LogP contribution in [0.15, 0.2) is 60.8 Å². The van der Waals surface area contributed by atoms with Crippen molar-refractivity contribution in [3.63, 3.8) is 0 Å². The molecular weight excluding hydrogens is 347 g/mol. The second-order valence-electron chi connectivity index (χ2n) is 5.15. The summed E-state index contributed by atoms with van der Waals surface area (Å²) in [6.07, 6.45) is -3.98. The molecule has 0 aliphatic carbocycles. The number of alkyl halides is 3. The molecule has 134 valence electrons. The second-order valence-corrected chi connectivity index (χ2v) is 5.15. The average molecular weight is 361 g/mol. The number of methoxy groups -OCH3 is 1. The number of benzene rings is 2. The summed E-state index contributed by atoms with van der Waals surface area (Å²) in [4.78, 5) is 7.62. The van der Waals surface area contributed by atoms with Crippen LogP contribution in [0.2, 0.25) is 0 Å². The Kier molecular flexibility index (Phi) is 4.92. The van der Waals surface area contributed by atoms with Gasteiger partial charge < -0.3 is 14.8 Å². The first kappa shape index (κ1) is 17.5. The number of rotatable bonds is 5. The topological polar surface area (TPSA) is 56.3 Å². The molecule has 26 heavy (non-hydrogen) atoms. The molecule has 0 saturated carbocycles. The van der Waals surface area contributed by atoms with Crippen molar-refractivity contribution >= 4 is 11.6 Å². The van der Waals surface area contributed by atoms with Gasteiger partial charge in [-0.2, -0.15) is 18.2 Å². The number of hydrogen-bond donors (Lipinski definition) is 1. The lowest BCUT2D eigenvalue weighted by molar-refractivity contribution is -0.139. The minimum absolute atomic E-state index is 0.0194. The molecule has 3 aromatic rings. The number of anilines is 2. The molecule has 1 aromatic heterocycles. The van der Waals surface area contributed by atoms with Crippen LogP contribution in [-0.4, -0.2) is 17.1 Å². The van der Waals surface area contributed by atoms with Gasteiger partial charge in [0.25, 0.3) is 0 Å². The van der Waals surface area contributed by atoms with Gasteiger partial charge >= 0.3 is 6.18 Å². The molecule has 5 nitrogen and oxygen atoms in total. The van der Waals surface area contributed by atoms with Gasteiger partial charge in [0, 0.05) is 11.9 Å². The fourth-order valence-electron chi connectivity index (χ4n) is 2.16. The molecule has 0 aliphatic heterocycles. The summed E-state index contributed by atoms with van der Waals surface area (Å²) in [6.45, 7) is 0. The van der Waals surface area contributed by atoms with E-state index in [4.69, 9.17) is 9.47 Å². The summed E-state index contributed by atoms with van der Waals surface area (Å²) in [5.41, 5.74) is -0.447. The molecule has 0 atom stereocenters. The first-order chi connectivity index (χ1) is 12.5. The predicted molar refractivity (Wildman–Crippen MR) is 89.8 cm³/mol. The lowest BCUT2D eigenvalue weighted by Gasteiger charge is -2.15. The summed E-state index contributed by atoms with van der Waals surface area (Å²) in [7, 11) is 1.40. The van der Waals surface area contributed by atoms with Crippen molar-refractivity contribution in [1.29, 1.82) is 0 Å². The number of halogens is 3. The minimum atomic E-state index is -4.66. The van der Waals surface area contributed by atoms with Crippen LogP contribution in [0.5, 0.6) is 17.4 Å². The van der Waals surface area contributed by atoms with E-state index in [2.05, 4.69) is 15.3 Å². The van der Waals surface area contributed by atoms with E-state index in [1.807, 2.05) is 6.07 Å². The summed E-state index contributed by atoms with van der Waals surface area (Å²) in [5, 5.41) is 2.84. The number of aromatic nitrogens is 2. The molecule has 3 rings (SSSR count). The predicted octanol–water partition coefficient (Wildman–Crippen LogP) is 5.04. The molecule has 0 radical (unpaired) electrons. The number of nitrogens with zero attached hydrogens (tertiary/aromatic N) is 2. The van der Waals surface area contributed by atoms with E-state index in [-0.39, 0.29) is 17.4 Å². The Labute approximate surface area is 147 Å². The zero-order chi connectivity index (χ0) is 18.6. The highest BCUT2D eigenvalue weighted by atomic mass is 19.4. The molecule has 2 aromatic carbocycles. The SMILES string of the molecule is COc1ccccc1Oc1nc(Nc2ccccc2)ncc1C(F)(F)F. The number of para-hydroxylation sites is 3. The first-order valence-corrected chi connectivity index (χ1v) is 7.54. The van der Waals surface area contributed by atoms with E-state index < -0.39 is 17.6 Å². The maximum Gasteiger partial charge on any atom is 0.423 e. The van der Waals surface area contributed by atoms with E-state index >= 15 is 0 Å². The lowest BCUT2D eigenvalue weighted by atomic mass is 10.3. The van der Waals surface area contributed by atoms with E-state index in [0.29, 0.717) is 11.9 Å². The molecule has 0 unspecified atom stereocenters. The maximum atomic E-state index is 13.3. The molecule has 1 heterocycles. The molecule has 1 N–H and O–H groups in total. The van der Waals surface area contributed by atoms with Crippen molar-refractivity contribution in [3.05, 3.63) is 66.4 Å². The fourth-order valence-corrected chi connectivity index (χ4v) is 2.16. The lowest BCUT2D eigenvalue weighted by Crippen LogP contribution is -2.11. The molecule has 0 fully saturated rings. The highest BCUT2D eigenvalue weighted by Gasteiger charge is 2.36. The number of hydrogen-bond acceptors (Lipinski definition) is 5. The van der Waals surface area contributed by atoms with Gasteiger partial charge in [-0.1, -0.05) is 30.3 Å². The Morgan fingerprint density at radius 2 is 1.58 bits per heavy atom. The average Bonchev–Trinajstić information content (AvgIpc) is 2.62. The van der Waals surface area contributed by atoms with Gasteiger partial charge in [0.15, 0.2) is 11.5 Å². The third kappa shape index (κ3) is 4.02. The Hall–Kier alpha value is -3.29. The molecule has 0 aliphatic rings. The Bertz CT molecular complexity index is 886. The standard InChI is InChI=1S/C18H14F3N3O2/c1-25-14-9-5-6-10-15(14)26-16-13(18(19,20)21)11-22-17(24-16)23-12-7-3-2-4-8-12/h2-11H,1H3,(H,22,23,24). The molecule has 0 spiro atoms. The Morgan fingerprint density at radius 3 is 2.23 bits per heavy atom. The molecular formula is C18H14F3N3O2. The van der Waals surface area contributed by atoms with Crippen LogP contribution in [0, 0.1) is 0 Å².